The number of benzene rings is 2. The van der Waals surface area contributed by atoms with E-state index in [4.69, 9.17) is 16.3 Å². The van der Waals surface area contributed by atoms with Crippen molar-refractivity contribution in [3.05, 3.63) is 59.1 Å². The summed E-state index contributed by atoms with van der Waals surface area (Å²) >= 11 is 5.97. The smallest absolute Gasteiger partial charge is 0.258 e. The van der Waals surface area contributed by atoms with E-state index in [1.807, 2.05) is 35.8 Å². The molecule has 0 saturated carbocycles. The maximum absolute atomic E-state index is 12.5. The van der Waals surface area contributed by atoms with E-state index in [1.54, 1.807) is 24.3 Å². The van der Waals surface area contributed by atoms with Gasteiger partial charge < -0.3 is 9.30 Å². The molecule has 0 unspecified atom stereocenters. The van der Waals surface area contributed by atoms with E-state index in [1.165, 1.54) is 0 Å². The van der Waals surface area contributed by atoms with E-state index in [-0.39, 0.29) is 5.91 Å². The molecule has 3 aromatic rings. The van der Waals surface area contributed by atoms with Gasteiger partial charge in [-0.1, -0.05) is 29.8 Å². The van der Waals surface area contributed by atoms with E-state index in [2.05, 4.69) is 10.3 Å². The van der Waals surface area contributed by atoms with Crippen molar-refractivity contribution in [3.8, 4) is 0 Å². The summed E-state index contributed by atoms with van der Waals surface area (Å²) in [4.78, 5) is 17.1. The molecule has 25 heavy (non-hydrogen) atoms. The number of amides is 1. The first-order chi connectivity index (χ1) is 12.2. The summed E-state index contributed by atoms with van der Waals surface area (Å²) in [5, 5.41) is 3.42. The summed E-state index contributed by atoms with van der Waals surface area (Å²) in [6.45, 7) is 4.06. The molecule has 0 saturated heterocycles. The Kier molecular flexibility index (Phi) is 5.68. The Labute approximate surface area is 151 Å². The predicted octanol–water partition coefficient (Wildman–Crippen LogP) is 4.37. The molecule has 0 spiro atoms. The number of hydrogen-bond donors (Lipinski definition) is 1. The monoisotopic (exact) mass is 357 g/mol. The molecule has 1 heterocycles. The Morgan fingerprint density at radius 1 is 1.24 bits per heavy atom. The third-order valence-electron chi connectivity index (χ3n) is 3.84. The highest BCUT2D eigenvalue weighted by molar-refractivity contribution is 6.31. The Morgan fingerprint density at radius 3 is 2.88 bits per heavy atom. The second-order valence-electron chi connectivity index (χ2n) is 5.59. The van der Waals surface area contributed by atoms with Crippen molar-refractivity contribution < 1.29 is 9.53 Å². The van der Waals surface area contributed by atoms with Crippen LogP contribution in [0.3, 0.4) is 0 Å². The van der Waals surface area contributed by atoms with Crippen molar-refractivity contribution >= 4 is 34.5 Å². The van der Waals surface area contributed by atoms with Gasteiger partial charge in [0.2, 0.25) is 5.95 Å². The van der Waals surface area contributed by atoms with Gasteiger partial charge in [-0.25, -0.2) is 4.98 Å². The molecule has 0 atom stereocenters. The highest BCUT2D eigenvalue weighted by Gasteiger charge is 2.14. The van der Waals surface area contributed by atoms with E-state index in [0.29, 0.717) is 36.3 Å². The molecule has 2 aromatic carbocycles. The van der Waals surface area contributed by atoms with Gasteiger partial charge in [0.1, 0.15) is 0 Å². The zero-order valence-corrected chi connectivity index (χ0v) is 14.8. The average Bonchev–Trinajstić information content (AvgIpc) is 2.96. The molecule has 0 aliphatic heterocycles. The van der Waals surface area contributed by atoms with Gasteiger partial charge in [0.25, 0.3) is 5.91 Å². The highest BCUT2D eigenvalue weighted by Crippen LogP contribution is 2.21. The number of anilines is 1. The van der Waals surface area contributed by atoms with Crippen LogP contribution in [0.25, 0.3) is 11.0 Å². The summed E-state index contributed by atoms with van der Waals surface area (Å²) in [6, 6.07) is 14.7. The average molecular weight is 358 g/mol. The van der Waals surface area contributed by atoms with Crippen molar-refractivity contribution in [3.63, 3.8) is 0 Å². The molecule has 5 nitrogen and oxygen atoms in total. The normalized spacial score (nSPS) is 11.0. The maximum Gasteiger partial charge on any atom is 0.258 e. The number of halogens is 1. The number of nitrogens with zero attached hydrogens (tertiary/aromatic N) is 2. The number of fused-ring (bicyclic) bond motifs is 1. The van der Waals surface area contributed by atoms with Crippen molar-refractivity contribution in [1.82, 2.24) is 9.55 Å². The quantitative estimate of drug-likeness (QED) is 0.639. The van der Waals surface area contributed by atoms with Crippen LogP contribution in [0.15, 0.2) is 48.5 Å². The second kappa shape index (κ2) is 8.14. The van der Waals surface area contributed by atoms with Crippen molar-refractivity contribution in [2.75, 3.05) is 18.5 Å². The number of nitrogens with one attached hydrogen (secondary N) is 1. The number of carbonyl (C=O) groups excluding carboxylic acids is 1. The summed E-state index contributed by atoms with van der Waals surface area (Å²) in [7, 11) is 0. The number of imidazole rings is 1. The van der Waals surface area contributed by atoms with Gasteiger partial charge in [0.05, 0.1) is 11.0 Å². The lowest BCUT2D eigenvalue weighted by Gasteiger charge is -2.10. The molecule has 0 aliphatic carbocycles. The van der Waals surface area contributed by atoms with Crippen LogP contribution < -0.4 is 5.32 Å². The molecular formula is C19H20ClN3O2. The third kappa shape index (κ3) is 4.18. The first-order valence-electron chi connectivity index (χ1n) is 8.29. The zero-order chi connectivity index (χ0) is 17.6. The van der Waals surface area contributed by atoms with Crippen molar-refractivity contribution in [1.29, 1.82) is 0 Å². The maximum atomic E-state index is 12.5. The molecule has 130 valence electrons. The van der Waals surface area contributed by atoms with Crippen LogP contribution in [-0.2, 0) is 11.3 Å². The molecular weight excluding hydrogens is 338 g/mol. The molecule has 0 aliphatic rings. The van der Waals surface area contributed by atoms with Gasteiger partial charge in [-0.3, -0.25) is 10.1 Å². The summed E-state index contributed by atoms with van der Waals surface area (Å²) in [6.07, 6.45) is 0.841. The fourth-order valence-electron chi connectivity index (χ4n) is 2.67. The SMILES string of the molecule is CCOCCCn1c(NC(=O)c2cccc(Cl)c2)nc2ccccc21. The van der Waals surface area contributed by atoms with Crippen LogP contribution in [0.4, 0.5) is 5.95 Å². The number of aryl methyl sites for hydroxylation is 1. The summed E-state index contributed by atoms with van der Waals surface area (Å²) in [5.41, 5.74) is 2.33. The predicted molar refractivity (Wildman–Crippen MR) is 100 cm³/mol. The number of hydrogen-bond acceptors (Lipinski definition) is 3. The van der Waals surface area contributed by atoms with Crippen LogP contribution in [-0.4, -0.2) is 28.7 Å². The fraction of sp³-hybridized carbons (Fsp3) is 0.263. The summed E-state index contributed by atoms with van der Waals surface area (Å²) in [5.74, 6) is 0.298. The number of aromatic nitrogens is 2. The van der Waals surface area contributed by atoms with Gasteiger partial charge in [-0.2, -0.15) is 0 Å². The molecule has 1 amide bonds. The molecule has 3 rings (SSSR count). The minimum absolute atomic E-state index is 0.233. The van der Waals surface area contributed by atoms with Crippen LogP contribution >= 0.6 is 11.6 Å². The van der Waals surface area contributed by atoms with E-state index >= 15 is 0 Å². The van der Waals surface area contributed by atoms with Gasteiger partial charge >= 0.3 is 0 Å². The van der Waals surface area contributed by atoms with Crippen LogP contribution in [0.1, 0.15) is 23.7 Å². The number of rotatable bonds is 7. The first-order valence-corrected chi connectivity index (χ1v) is 8.66. The second-order valence-corrected chi connectivity index (χ2v) is 6.03. The standard InChI is InChI=1S/C19H20ClN3O2/c1-2-25-12-6-11-23-17-10-4-3-9-16(17)21-19(23)22-18(24)14-7-5-8-15(20)13-14/h3-5,7-10,13H,2,6,11-12H2,1H3,(H,21,22,24). The van der Waals surface area contributed by atoms with Gasteiger partial charge in [-0.05, 0) is 43.7 Å². The lowest BCUT2D eigenvalue weighted by atomic mass is 10.2. The zero-order valence-electron chi connectivity index (χ0n) is 14.0. The molecule has 0 radical (unpaired) electrons. The van der Waals surface area contributed by atoms with E-state index in [9.17, 15) is 4.79 Å². The van der Waals surface area contributed by atoms with E-state index in [0.717, 1.165) is 17.5 Å². The lowest BCUT2D eigenvalue weighted by molar-refractivity contribution is 0.102. The number of carbonyl (C=O) groups is 1. The molecule has 0 fully saturated rings. The minimum atomic E-state index is -0.233. The van der Waals surface area contributed by atoms with Crippen molar-refractivity contribution in [2.45, 2.75) is 19.9 Å². The van der Waals surface area contributed by atoms with Crippen LogP contribution in [0.5, 0.6) is 0 Å². The van der Waals surface area contributed by atoms with Gasteiger partial charge in [0, 0.05) is 30.3 Å². The topological polar surface area (TPSA) is 56.1 Å². The van der Waals surface area contributed by atoms with Crippen LogP contribution in [0.2, 0.25) is 5.02 Å². The Morgan fingerprint density at radius 2 is 2.08 bits per heavy atom. The molecule has 1 N–H and O–H groups in total. The third-order valence-corrected chi connectivity index (χ3v) is 4.08. The largest absolute Gasteiger partial charge is 0.382 e. The molecule has 6 heteroatoms. The molecule has 1 aromatic heterocycles. The first kappa shape index (κ1) is 17.5. The number of para-hydroxylation sites is 2. The molecule has 0 bridgehead atoms. The van der Waals surface area contributed by atoms with E-state index < -0.39 is 0 Å². The Bertz CT molecular complexity index is 876. The highest BCUT2D eigenvalue weighted by atomic mass is 35.5. The minimum Gasteiger partial charge on any atom is -0.382 e. The fourth-order valence-corrected chi connectivity index (χ4v) is 2.86. The summed E-state index contributed by atoms with van der Waals surface area (Å²) < 4.78 is 7.42. The lowest BCUT2D eigenvalue weighted by Crippen LogP contribution is -2.16. The Hall–Kier alpha value is -2.37. The van der Waals surface area contributed by atoms with Gasteiger partial charge in [-0.15, -0.1) is 0 Å². The van der Waals surface area contributed by atoms with Crippen molar-refractivity contribution in [2.24, 2.45) is 0 Å². The van der Waals surface area contributed by atoms with Crippen LogP contribution in [0, 0.1) is 0 Å². The Balaban J connectivity index is 1.85. The number of ether oxygens (including phenoxy) is 1. The van der Waals surface area contributed by atoms with Gasteiger partial charge in [0.15, 0.2) is 0 Å².